The molecule has 7 nitrogen and oxygen atoms in total. The van der Waals surface area contributed by atoms with E-state index in [9.17, 15) is 20.2 Å². The molecule has 0 heterocycles. The van der Waals surface area contributed by atoms with Gasteiger partial charge in [0.2, 0.25) is 0 Å². The van der Waals surface area contributed by atoms with E-state index in [4.69, 9.17) is 4.74 Å². The van der Waals surface area contributed by atoms with Gasteiger partial charge < -0.3 is 4.74 Å². The lowest BCUT2D eigenvalue weighted by molar-refractivity contribution is -0.394. The standard InChI is InChI=1S/C24H30N2O5/c1-5-7-8-19(6-2)16-31-24-14-17(3)21(13-18(24)4)10-9-20-11-12-22(25(27)28)15-23(20)26(29)30/h9-15,19H,5-8,16H2,1-4H3/b10-9+. The van der Waals surface area contributed by atoms with Crippen LogP contribution in [-0.2, 0) is 0 Å². The van der Waals surface area contributed by atoms with Gasteiger partial charge in [-0.1, -0.05) is 39.2 Å². The molecule has 2 rings (SSSR count). The SMILES string of the molecule is CCCCC(CC)COc1cc(C)c(/C=C/c2ccc([N+](=O)[O-])cc2[N+](=O)[O-])cc1C. The third-order valence-electron chi connectivity index (χ3n) is 5.45. The highest BCUT2D eigenvalue weighted by Gasteiger charge is 2.18. The molecule has 7 heteroatoms. The van der Waals surface area contributed by atoms with Crippen LogP contribution in [0.25, 0.3) is 12.2 Å². The van der Waals surface area contributed by atoms with Crippen LogP contribution in [0.3, 0.4) is 0 Å². The summed E-state index contributed by atoms with van der Waals surface area (Å²) in [7, 11) is 0. The maximum atomic E-state index is 11.3. The molecule has 0 aromatic heterocycles. The number of unbranched alkanes of at least 4 members (excludes halogenated alkanes) is 1. The normalized spacial score (nSPS) is 12.1. The summed E-state index contributed by atoms with van der Waals surface area (Å²) in [5.74, 6) is 1.40. The second-order valence-electron chi connectivity index (χ2n) is 7.79. The maximum Gasteiger partial charge on any atom is 0.283 e. The Bertz CT molecular complexity index is 969. The zero-order valence-corrected chi connectivity index (χ0v) is 18.6. The van der Waals surface area contributed by atoms with Gasteiger partial charge in [0.15, 0.2) is 0 Å². The fraction of sp³-hybridized carbons (Fsp3) is 0.417. The number of non-ortho nitro benzene ring substituents is 1. The van der Waals surface area contributed by atoms with Crippen molar-refractivity contribution in [3.63, 3.8) is 0 Å². The largest absolute Gasteiger partial charge is 0.493 e. The van der Waals surface area contributed by atoms with Crippen molar-refractivity contribution in [1.82, 2.24) is 0 Å². The number of nitro groups is 2. The average Bonchev–Trinajstić information content (AvgIpc) is 2.74. The van der Waals surface area contributed by atoms with Crippen molar-refractivity contribution in [2.45, 2.75) is 53.4 Å². The van der Waals surface area contributed by atoms with Crippen LogP contribution in [-0.4, -0.2) is 16.5 Å². The first-order valence-electron chi connectivity index (χ1n) is 10.6. The van der Waals surface area contributed by atoms with Crippen LogP contribution in [0.4, 0.5) is 11.4 Å². The topological polar surface area (TPSA) is 95.5 Å². The summed E-state index contributed by atoms with van der Waals surface area (Å²) in [6, 6.07) is 7.63. The molecule has 0 aliphatic carbocycles. The quantitative estimate of drug-likeness (QED) is 0.221. The van der Waals surface area contributed by atoms with Gasteiger partial charge >= 0.3 is 0 Å². The smallest absolute Gasteiger partial charge is 0.283 e. The number of nitro benzene ring substituents is 2. The molecule has 0 fully saturated rings. The van der Waals surface area contributed by atoms with Gasteiger partial charge in [-0.25, -0.2) is 0 Å². The van der Waals surface area contributed by atoms with Gasteiger partial charge in [0.1, 0.15) is 5.75 Å². The highest BCUT2D eigenvalue weighted by molar-refractivity contribution is 5.76. The molecule has 1 unspecified atom stereocenters. The van der Waals surface area contributed by atoms with Gasteiger partial charge in [0.05, 0.1) is 28.1 Å². The monoisotopic (exact) mass is 426 g/mol. The molecule has 1 atom stereocenters. The Morgan fingerprint density at radius 1 is 0.968 bits per heavy atom. The van der Waals surface area contributed by atoms with E-state index in [1.807, 2.05) is 26.0 Å². The predicted molar refractivity (Wildman–Crippen MR) is 123 cm³/mol. The lowest BCUT2D eigenvalue weighted by Crippen LogP contribution is -2.12. The molecule has 2 aromatic carbocycles. The van der Waals surface area contributed by atoms with Crippen molar-refractivity contribution < 1.29 is 14.6 Å². The van der Waals surface area contributed by atoms with Crippen molar-refractivity contribution in [2.75, 3.05) is 6.61 Å². The van der Waals surface area contributed by atoms with Crippen LogP contribution < -0.4 is 4.74 Å². The molecule has 0 aliphatic rings. The molecule has 0 aliphatic heterocycles. The Labute approximate surface area is 183 Å². The Kier molecular flexibility index (Phi) is 8.73. The van der Waals surface area contributed by atoms with Crippen LogP contribution in [0.1, 0.15) is 61.8 Å². The first-order valence-corrected chi connectivity index (χ1v) is 10.6. The van der Waals surface area contributed by atoms with E-state index in [0.717, 1.165) is 34.9 Å². The van der Waals surface area contributed by atoms with Crippen molar-refractivity contribution in [2.24, 2.45) is 5.92 Å². The maximum absolute atomic E-state index is 11.3. The van der Waals surface area contributed by atoms with Gasteiger partial charge in [-0.05, 0) is 67.2 Å². The average molecular weight is 427 g/mol. The molecule has 0 N–H and O–H groups in total. The van der Waals surface area contributed by atoms with E-state index in [1.165, 1.54) is 31.4 Å². The summed E-state index contributed by atoms with van der Waals surface area (Å²) in [5, 5.41) is 22.2. The fourth-order valence-electron chi connectivity index (χ4n) is 3.38. The Hall–Kier alpha value is -3.22. The van der Waals surface area contributed by atoms with Gasteiger partial charge in [-0.3, -0.25) is 20.2 Å². The molecule has 0 bridgehead atoms. The predicted octanol–water partition coefficient (Wildman–Crippen LogP) is 6.89. The molecule has 31 heavy (non-hydrogen) atoms. The van der Waals surface area contributed by atoms with Crippen LogP contribution in [0.2, 0.25) is 0 Å². The van der Waals surface area contributed by atoms with E-state index in [2.05, 4.69) is 13.8 Å². The van der Waals surface area contributed by atoms with Crippen molar-refractivity contribution in [1.29, 1.82) is 0 Å². The van der Waals surface area contributed by atoms with Crippen LogP contribution >= 0.6 is 0 Å². The molecule has 166 valence electrons. The Morgan fingerprint density at radius 2 is 1.68 bits per heavy atom. The number of hydrogen-bond acceptors (Lipinski definition) is 5. The van der Waals surface area contributed by atoms with Crippen LogP contribution in [0.15, 0.2) is 30.3 Å². The minimum atomic E-state index is -0.641. The molecule has 0 radical (unpaired) electrons. The summed E-state index contributed by atoms with van der Waals surface area (Å²) in [5.41, 5.74) is 2.61. The second kappa shape index (κ2) is 11.2. The molecule has 2 aromatic rings. The van der Waals surface area contributed by atoms with Gasteiger partial charge in [0.25, 0.3) is 11.4 Å². The summed E-state index contributed by atoms with van der Waals surface area (Å²) in [4.78, 5) is 21.0. The number of rotatable bonds is 11. The zero-order valence-electron chi connectivity index (χ0n) is 18.6. The minimum Gasteiger partial charge on any atom is -0.493 e. The highest BCUT2D eigenvalue weighted by atomic mass is 16.6. The number of ether oxygens (including phenoxy) is 1. The number of benzene rings is 2. The number of aryl methyl sites for hydroxylation is 2. The number of nitrogens with zero attached hydrogens (tertiary/aromatic N) is 2. The number of hydrogen-bond donors (Lipinski definition) is 0. The highest BCUT2D eigenvalue weighted by Crippen LogP contribution is 2.29. The van der Waals surface area contributed by atoms with Gasteiger partial charge in [-0.15, -0.1) is 0 Å². The summed E-state index contributed by atoms with van der Waals surface area (Å²) in [6.07, 6.45) is 8.05. The van der Waals surface area contributed by atoms with Gasteiger partial charge in [0, 0.05) is 6.07 Å². The summed E-state index contributed by atoms with van der Waals surface area (Å²) < 4.78 is 6.09. The second-order valence-corrected chi connectivity index (χ2v) is 7.79. The fourth-order valence-corrected chi connectivity index (χ4v) is 3.38. The van der Waals surface area contributed by atoms with Gasteiger partial charge in [-0.2, -0.15) is 0 Å². The zero-order chi connectivity index (χ0) is 23.0. The van der Waals surface area contributed by atoms with E-state index in [0.29, 0.717) is 18.1 Å². The Morgan fingerprint density at radius 3 is 2.29 bits per heavy atom. The first kappa shape index (κ1) is 24.1. The van der Waals surface area contributed by atoms with E-state index in [-0.39, 0.29) is 11.4 Å². The van der Waals surface area contributed by atoms with Crippen molar-refractivity contribution >= 4 is 23.5 Å². The molecule has 0 saturated carbocycles. The molecular weight excluding hydrogens is 396 g/mol. The van der Waals surface area contributed by atoms with E-state index in [1.54, 1.807) is 12.2 Å². The van der Waals surface area contributed by atoms with E-state index >= 15 is 0 Å². The third-order valence-corrected chi connectivity index (χ3v) is 5.45. The minimum absolute atomic E-state index is 0.294. The summed E-state index contributed by atoms with van der Waals surface area (Å²) >= 11 is 0. The molecule has 0 spiro atoms. The van der Waals surface area contributed by atoms with Crippen LogP contribution in [0, 0.1) is 40.0 Å². The molecule has 0 amide bonds. The lowest BCUT2D eigenvalue weighted by atomic mass is 10.00. The third kappa shape index (κ3) is 6.64. The van der Waals surface area contributed by atoms with Crippen molar-refractivity contribution in [3.05, 3.63) is 72.8 Å². The molecular formula is C24H30N2O5. The first-order chi connectivity index (χ1) is 14.8. The molecule has 0 saturated heterocycles. The van der Waals surface area contributed by atoms with Crippen LogP contribution in [0.5, 0.6) is 5.75 Å². The Balaban J connectivity index is 2.21. The lowest BCUT2D eigenvalue weighted by Gasteiger charge is -2.18. The van der Waals surface area contributed by atoms with E-state index < -0.39 is 9.85 Å². The van der Waals surface area contributed by atoms with Crippen molar-refractivity contribution in [3.8, 4) is 5.75 Å². The summed E-state index contributed by atoms with van der Waals surface area (Å²) in [6.45, 7) is 9.02.